The van der Waals surface area contributed by atoms with Gasteiger partial charge in [0.15, 0.2) is 6.04 Å². The van der Waals surface area contributed by atoms with Gasteiger partial charge in [-0.2, -0.15) is 0 Å². The average Bonchev–Trinajstić information content (AvgIpc) is 3.13. The zero-order chi connectivity index (χ0) is 41.7. The summed E-state index contributed by atoms with van der Waals surface area (Å²) in [5.41, 5.74) is 28.9. The molecule has 21 heteroatoms. The van der Waals surface area contributed by atoms with Crippen molar-refractivity contribution in [3.05, 3.63) is 35.9 Å². The Balaban J connectivity index is 3.29. The molecule has 1 aromatic rings. The number of nitrogens with two attached hydrogens (primary N) is 5. The number of hydrogen-bond acceptors (Lipinski definition) is 14. The van der Waals surface area contributed by atoms with Gasteiger partial charge in [-0.05, 0) is 77.7 Å². The summed E-state index contributed by atoms with van der Waals surface area (Å²) in [5.74, 6) is -6.69. The Morgan fingerprint density at radius 3 is 1.44 bits per heavy atom. The van der Waals surface area contributed by atoms with Crippen molar-refractivity contribution in [3.63, 3.8) is 0 Å². The van der Waals surface area contributed by atoms with Gasteiger partial charge >= 0.3 is 5.97 Å². The highest BCUT2D eigenvalue weighted by Gasteiger charge is 2.35. The van der Waals surface area contributed by atoms with Crippen LogP contribution in [0.3, 0.4) is 0 Å². The van der Waals surface area contributed by atoms with Crippen LogP contribution in [-0.2, 0) is 40.0 Å². The highest BCUT2D eigenvalue weighted by atomic mass is 16.4. The molecule has 0 aliphatic rings. The van der Waals surface area contributed by atoms with Gasteiger partial charge in [0, 0.05) is 6.42 Å². The summed E-state index contributed by atoms with van der Waals surface area (Å²) >= 11 is 0. The minimum absolute atomic E-state index is 0.00860. The molecule has 1 aromatic carbocycles. The van der Waals surface area contributed by atoms with Crippen LogP contribution in [0.15, 0.2) is 30.3 Å². The Morgan fingerprint density at radius 2 is 0.964 bits per heavy atom. The Bertz CT molecular complexity index is 1400. The first-order valence-electron chi connectivity index (χ1n) is 18.0. The standard InChI is InChI=1S/C34H59N11O10/c1-18(46)26(33(53)42-24(12-16-38)29(49)41-22(9-6-13-35)31(51)45-27(19(2)47)34(54)55)44-32(52)25(17-20-7-4-3-5-8-20)43-30(50)23(11-15-37)40-28(48)21(39)10-14-36/h3-5,7-8,18-19,21-27,46-47H,6,9-17,35-39H2,1-2H3,(H,40,48)(H,41,49)(H,42,53)(H,43,50)(H,44,52)(H,45,51)(H,54,55)/t18-,19-,21+,22+,23+,24+,25-,26+,27+/m1/s1. The number of carboxylic acids is 1. The molecule has 1 rings (SSSR count). The molecule has 55 heavy (non-hydrogen) atoms. The summed E-state index contributed by atoms with van der Waals surface area (Å²) in [6, 6.07) is -1.07. The van der Waals surface area contributed by atoms with Gasteiger partial charge in [-0.25, -0.2) is 4.79 Å². The minimum Gasteiger partial charge on any atom is -0.480 e. The van der Waals surface area contributed by atoms with Gasteiger partial charge in [0.05, 0.1) is 18.2 Å². The van der Waals surface area contributed by atoms with E-state index in [0.717, 1.165) is 6.92 Å². The molecule has 0 aliphatic heterocycles. The highest BCUT2D eigenvalue weighted by molar-refractivity contribution is 5.97. The van der Waals surface area contributed by atoms with Crippen molar-refractivity contribution in [2.75, 3.05) is 26.2 Å². The van der Waals surface area contributed by atoms with E-state index in [1.165, 1.54) is 6.92 Å². The van der Waals surface area contributed by atoms with Crippen LogP contribution in [0, 0.1) is 0 Å². The molecule has 6 amide bonds. The van der Waals surface area contributed by atoms with E-state index in [1.807, 2.05) is 0 Å². The zero-order valence-corrected chi connectivity index (χ0v) is 31.2. The smallest absolute Gasteiger partial charge is 0.328 e. The summed E-state index contributed by atoms with van der Waals surface area (Å²) in [7, 11) is 0. The molecule has 0 aliphatic carbocycles. The summed E-state index contributed by atoms with van der Waals surface area (Å²) < 4.78 is 0. The largest absolute Gasteiger partial charge is 0.480 e. The number of amides is 6. The molecule has 0 saturated carbocycles. The first-order valence-corrected chi connectivity index (χ1v) is 18.0. The van der Waals surface area contributed by atoms with Gasteiger partial charge in [-0.15, -0.1) is 0 Å². The topological polar surface area (TPSA) is 382 Å². The Morgan fingerprint density at radius 1 is 0.545 bits per heavy atom. The maximum Gasteiger partial charge on any atom is 0.328 e. The van der Waals surface area contributed by atoms with E-state index >= 15 is 0 Å². The van der Waals surface area contributed by atoms with Gasteiger partial charge in [0.2, 0.25) is 35.4 Å². The minimum atomic E-state index is -1.68. The molecule has 21 nitrogen and oxygen atoms in total. The van der Waals surface area contributed by atoms with Crippen LogP contribution in [-0.4, -0.2) is 137 Å². The van der Waals surface area contributed by atoms with Gasteiger partial charge in [-0.3, -0.25) is 28.8 Å². The van der Waals surface area contributed by atoms with Crippen LogP contribution in [0.4, 0.5) is 0 Å². The molecule has 19 N–H and O–H groups in total. The number of rotatable bonds is 26. The lowest BCUT2D eigenvalue weighted by Gasteiger charge is -2.28. The number of aliphatic hydroxyl groups is 2. The Hall–Kier alpha value is -4.77. The molecular weight excluding hydrogens is 722 g/mol. The molecule has 310 valence electrons. The first-order chi connectivity index (χ1) is 26.0. The van der Waals surface area contributed by atoms with Crippen molar-refractivity contribution >= 4 is 41.4 Å². The average molecular weight is 782 g/mol. The van der Waals surface area contributed by atoms with E-state index in [2.05, 4.69) is 31.9 Å². The van der Waals surface area contributed by atoms with E-state index < -0.39 is 95.9 Å². The SMILES string of the molecule is C[C@@H](O)[C@H](NC(=O)[C@H](CCCN)NC(=O)[C@H](CCN)NC(=O)[C@@H](NC(=O)[C@@H](Cc1ccccc1)NC(=O)[C@H](CCN)NC(=O)[C@@H](N)CCN)[C@@H](C)O)C(=O)O. The molecule has 9 atom stereocenters. The summed E-state index contributed by atoms with van der Waals surface area (Å²) in [5, 5.41) is 44.3. The number of carboxylic acid groups (broad SMARTS) is 1. The fourth-order valence-corrected chi connectivity index (χ4v) is 5.22. The van der Waals surface area contributed by atoms with E-state index in [1.54, 1.807) is 30.3 Å². The number of aliphatic hydroxyl groups excluding tert-OH is 2. The fourth-order valence-electron chi connectivity index (χ4n) is 5.22. The maximum absolute atomic E-state index is 13.8. The van der Waals surface area contributed by atoms with Gasteiger partial charge in [0.1, 0.15) is 30.2 Å². The molecule has 0 heterocycles. The fraction of sp³-hybridized carbons (Fsp3) is 0.618. The number of aliphatic carboxylic acids is 1. The first kappa shape index (κ1) is 48.2. The summed E-state index contributed by atoms with van der Waals surface area (Å²) in [4.78, 5) is 91.3. The number of carbonyl (C=O) groups excluding carboxylic acids is 6. The van der Waals surface area contributed by atoms with Crippen LogP contribution < -0.4 is 60.6 Å². The van der Waals surface area contributed by atoms with Crippen LogP contribution in [0.5, 0.6) is 0 Å². The molecule has 0 aromatic heterocycles. The van der Waals surface area contributed by atoms with E-state index in [0.29, 0.717) is 5.56 Å². The van der Waals surface area contributed by atoms with Gasteiger partial charge < -0.3 is 75.9 Å². The molecule has 0 radical (unpaired) electrons. The van der Waals surface area contributed by atoms with E-state index in [4.69, 9.17) is 28.7 Å². The monoisotopic (exact) mass is 781 g/mol. The quantitative estimate of drug-likeness (QED) is 0.0416. The van der Waals surface area contributed by atoms with Crippen molar-refractivity contribution in [1.82, 2.24) is 31.9 Å². The predicted molar refractivity (Wildman–Crippen MR) is 200 cm³/mol. The molecule has 0 saturated heterocycles. The number of nitrogens with one attached hydrogen (secondary N) is 6. The number of hydrogen-bond donors (Lipinski definition) is 14. The normalized spacial score (nSPS) is 16.0. The highest BCUT2D eigenvalue weighted by Crippen LogP contribution is 2.08. The molecule has 0 fully saturated rings. The van der Waals surface area contributed by atoms with Crippen molar-refractivity contribution < 1.29 is 48.9 Å². The van der Waals surface area contributed by atoms with Gasteiger partial charge in [-0.1, -0.05) is 30.3 Å². The summed E-state index contributed by atoms with van der Waals surface area (Å²) in [6.07, 6.45) is -2.90. The second-order valence-corrected chi connectivity index (χ2v) is 13.0. The molecule has 0 spiro atoms. The third-order valence-electron chi connectivity index (χ3n) is 8.35. The van der Waals surface area contributed by atoms with E-state index in [-0.39, 0.29) is 64.7 Å². The number of carbonyl (C=O) groups is 7. The maximum atomic E-state index is 13.8. The molecular formula is C34H59N11O10. The van der Waals surface area contributed by atoms with Gasteiger partial charge in [0.25, 0.3) is 0 Å². The lowest BCUT2D eigenvalue weighted by atomic mass is 10.0. The van der Waals surface area contributed by atoms with Crippen LogP contribution in [0.2, 0.25) is 0 Å². The zero-order valence-electron chi connectivity index (χ0n) is 31.2. The van der Waals surface area contributed by atoms with Crippen molar-refractivity contribution in [2.45, 2.75) is 107 Å². The predicted octanol–water partition coefficient (Wildman–Crippen LogP) is -5.90. The van der Waals surface area contributed by atoms with Crippen LogP contribution in [0.1, 0.15) is 51.5 Å². The summed E-state index contributed by atoms with van der Waals surface area (Å²) in [6.45, 7) is 2.48. The van der Waals surface area contributed by atoms with Crippen molar-refractivity contribution in [3.8, 4) is 0 Å². The lowest BCUT2D eigenvalue weighted by molar-refractivity contribution is -0.145. The van der Waals surface area contributed by atoms with Crippen LogP contribution in [0.25, 0.3) is 0 Å². The van der Waals surface area contributed by atoms with Crippen molar-refractivity contribution in [1.29, 1.82) is 0 Å². The van der Waals surface area contributed by atoms with E-state index in [9.17, 15) is 48.9 Å². The molecule has 0 unspecified atom stereocenters. The second-order valence-electron chi connectivity index (χ2n) is 13.0. The Kier molecular flexibility index (Phi) is 22.2. The van der Waals surface area contributed by atoms with Crippen molar-refractivity contribution in [2.24, 2.45) is 28.7 Å². The second kappa shape index (κ2) is 25.3. The lowest BCUT2D eigenvalue weighted by Crippen LogP contribution is -2.62. The number of benzene rings is 1. The molecule has 0 bridgehead atoms. The van der Waals surface area contributed by atoms with Crippen LogP contribution >= 0.6 is 0 Å². The third-order valence-corrected chi connectivity index (χ3v) is 8.35. The third kappa shape index (κ3) is 17.1. The Labute approximate surface area is 319 Å².